The van der Waals surface area contributed by atoms with E-state index in [2.05, 4.69) is 4.18 Å². The maximum absolute atomic E-state index is 12.3. The van der Waals surface area contributed by atoms with Gasteiger partial charge in [-0.15, -0.1) is 0 Å². The Hall–Kier alpha value is -2.04. The van der Waals surface area contributed by atoms with Gasteiger partial charge in [0.25, 0.3) is 5.56 Å². The zero-order valence-electron chi connectivity index (χ0n) is 11.7. The fourth-order valence-electron chi connectivity index (χ4n) is 2.53. The van der Waals surface area contributed by atoms with Crippen molar-refractivity contribution >= 4 is 16.1 Å². The van der Waals surface area contributed by atoms with Gasteiger partial charge in [0, 0.05) is 23.7 Å². The number of fused-ring (bicyclic) bond motifs is 1. The zero-order valence-corrected chi connectivity index (χ0v) is 12.5. The first kappa shape index (κ1) is 17.3. The maximum atomic E-state index is 12.3. The number of carboxylic acids is 1. The Balaban J connectivity index is 2.51. The molecule has 0 radical (unpaired) electrons. The molecular formula is C12H12F3NO6S. The van der Waals surface area contributed by atoms with Gasteiger partial charge in [-0.25, -0.2) is 4.79 Å². The van der Waals surface area contributed by atoms with E-state index in [4.69, 9.17) is 5.11 Å². The third-order valence-electron chi connectivity index (χ3n) is 3.58. The van der Waals surface area contributed by atoms with Crippen molar-refractivity contribution in [3.8, 4) is 5.75 Å². The number of rotatable bonds is 4. The Morgan fingerprint density at radius 1 is 1.43 bits per heavy atom. The van der Waals surface area contributed by atoms with Crippen LogP contribution in [0.1, 0.15) is 37.4 Å². The molecule has 0 fully saturated rings. The summed E-state index contributed by atoms with van der Waals surface area (Å²) in [5.41, 5.74) is -6.42. The maximum Gasteiger partial charge on any atom is 0.534 e. The van der Waals surface area contributed by atoms with E-state index in [-0.39, 0.29) is 12.1 Å². The number of hydrogen-bond acceptors (Lipinski definition) is 5. The van der Waals surface area contributed by atoms with E-state index in [9.17, 15) is 31.2 Å². The molecular weight excluding hydrogens is 343 g/mol. The monoisotopic (exact) mass is 355 g/mol. The van der Waals surface area contributed by atoms with E-state index in [0.29, 0.717) is 12.5 Å². The molecule has 7 nitrogen and oxygen atoms in total. The third kappa shape index (κ3) is 3.05. The second-order valence-corrected chi connectivity index (χ2v) is 6.54. The predicted octanol–water partition coefficient (Wildman–Crippen LogP) is 1.60. The molecule has 0 saturated carbocycles. The van der Waals surface area contributed by atoms with Crippen LogP contribution in [0.2, 0.25) is 0 Å². The molecule has 1 aliphatic heterocycles. The number of hydrogen-bond donors (Lipinski definition) is 1. The highest BCUT2D eigenvalue weighted by Crippen LogP contribution is 2.38. The van der Waals surface area contributed by atoms with Gasteiger partial charge in [0.15, 0.2) is 0 Å². The Morgan fingerprint density at radius 3 is 2.52 bits per heavy atom. The average molecular weight is 355 g/mol. The van der Waals surface area contributed by atoms with Crippen molar-refractivity contribution < 1.29 is 35.7 Å². The number of carboxylic acid groups (broad SMARTS) is 1. The van der Waals surface area contributed by atoms with Crippen LogP contribution in [-0.2, 0) is 14.9 Å². The van der Waals surface area contributed by atoms with E-state index in [1.165, 1.54) is 0 Å². The van der Waals surface area contributed by atoms with E-state index in [1.54, 1.807) is 6.92 Å². The van der Waals surface area contributed by atoms with Gasteiger partial charge >= 0.3 is 21.6 Å². The van der Waals surface area contributed by atoms with Crippen LogP contribution in [0.15, 0.2) is 16.9 Å². The topological polar surface area (TPSA) is 103 Å². The number of alkyl halides is 3. The number of aliphatic carboxylic acids is 1. The number of nitrogens with zero attached hydrogens (tertiary/aromatic N) is 1. The van der Waals surface area contributed by atoms with Crippen LogP contribution in [0.5, 0.6) is 5.75 Å². The summed E-state index contributed by atoms with van der Waals surface area (Å²) in [5, 5.41) is 9.12. The zero-order chi connectivity index (χ0) is 17.6. The van der Waals surface area contributed by atoms with Crippen LogP contribution < -0.4 is 9.74 Å². The Labute approximate surface area is 128 Å². The van der Waals surface area contributed by atoms with Gasteiger partial charge in [-0.1, -0.05) is 6.92 Å². The Morgan fingerprint density at radius 2 is 2.04 bits per heavy atom. The van der Waals surface area contributed by atoms with Crippen molar-refractivity contribution in [3.63, 3.8) is 0 Å². The Bertz CT molecular complexity index is 798. The summed E-state index contributed by atoms with van der Waals surface area (Å²) in [6.45, 7) is 1.71. The first-order valence-electron chi connectivity index (χ1n) is 6.48. The van der Waals surface area contributed by atoms with Crippen molar-refractivity contribution in [1.82, 2.24) is 4.57 Å². The smallest absolute Gasteiger partial charge is 0.480 e. The number of aromatic nitrogens is 1. The lowest BCUT2D eigenvalue weighted by atomic mass is 9.99. The van der Waals surface area contributed by atoms with Crippen LogP contribution in [0.4, 0.5) is 13.2 Å². The predicted molar refractivity (Wildman–Crippen MR) is 70.6 cm³/mol. The number of halogens is 3. The van der Waals surface area contributed by atoms with Gasteiger partial charge in [0.05, 0.1) is 0 Å². The minimum absolute atomic E-state index is 0.0938. The molecule has 1 aliphatic rings. The van der Waals surface area contributed by atoms with Crippen molar-refractivity contribution in [1.29, 1.82) is 0 Å². The van der Waals surface area contributed by atoms with Gasteiger partial charge in [0.2, 0.25) is 0 Å². The van der Waals surface area contributed by atoms with E-state index >= 15 is 0 Å². The van der Waals surface area contributed by atoms with Crippen LogP contribution in [0.25, 0.3) is 0 Å². The van der Waals surface area contributed by atoms with Gasteiger partial charge in [0.1, 0.15) is 11.8 Å². The van der Waals surface area contributed by atoms with Crippen LogP contribution in [-0.4, -0.2) is 29.6 Å². The highest BCUT2D eigenvalue weighted by atomic mass is 32.2. The van der Waals surface area contributed by atoms with Gasteiger partial charge in [-0.05, 0) is 12.8 Å². The lowest BCUT2D eigenvalue weighted by Gasteiger charge is -2.13. The third-order valence-corrected chi connectivity index (χ3v) is 4.56. The van der Waals surface area contributed by atoms with Crippen molar-refractivity contribution in [2.75, 3.05) is 0 Å². The first-order valence-corrected chi connectivity index (χ1v) is 7.88. The van der Waals surface area contributed by atoms with Crippen molar-refractivity contribution in [2.45, 2.75) is 37.2 Å². The quantitative estimate of drug-likeness (QED) is 0.650. The fourth-order valence-corrected chi connectivity index (χ4v) is 2.97. The van der Waals surface area contributed by atoms with E-state index < -0.39 is 44.9 Å². The molecule has 23 heavy (non-hydrogen) atoms. The summed E-state index contributed by atoms with van der Waals surface area (Å²) >= 11 is 0. The molecule has 11 heteroatoms. The lowest BCUT2D eigenvalue weighted by molar-refractivity contribution is -0.140. The lowest BCUT2D eigenvalue weighted by Crippen LogP contribution is -2.30. The fraction of sp³-hybridized carbons (Fsp3) is 0.500. The molecule has 1 N–H and O–H groups in total. The average Bonchev–Trinajstić information content (AvgIpc) is 2.76. The van der Waals surface area contributed by atoms with Crippen LogP contribution in [0, 0.1) is 0 Å². The minimum atomic E-state index is -5.90. The highest BCUT2D eigenvalue weighted by molar-refractivity contribution is 7.88. The van der Waals surface area contributed by atoms with Crippen molar-refractivity contribution in [2.24, 2.45) is 0 Å². The van der Waals surface area contributed by atoms with E-state index in [1.807, 2.05) is 0 Å². The molecule has 0 bridgehead atoms. The number of carbonyl (C=O) groups is 1. The van der Waals surface area contributed by atoms with Crippen molar-refractivity contribution in [3.05, 3.63) is 28.2 Å². The largest absolute Gasteiger partial charge is 0.534 e. The molecule has 2 heterocycles. The number of pyridine rings is 1. The van der Waals surface area contributed by atoms with Crippen LogP contribution >= 0.6 is 0 Å². The van der Waals surface area contributed by atoms with Gasteiger partial charge < -0.3 is 9.29 Å². The molecule has 0 amide bonds. The molecule has 0 saturated heterocycles. The summed E-state index contributed by atoms with van der Waals surface area (Å²) in [5.74, 6) is -2.44. The highest BCUT2D eigenvalue weighted by Gasteiger charge is 2.49. The molecule has 0 aromatic carbocycles. The summed E-state index contributed by atoms with van der Waals surface area (Å²) in [6, 6.07) is 0.346. The molecule has 0 spiro atoms. The van der Waals surface area contributed by atoms with Crippen LogP contribution in [0.3, 0.4) is 0 Å². The molecule has 2 atom stereocenters. The molecule has 0 aliphatic carbocycles. The summed E-state index contributed by atoms with van der Waals surface area (Å²) in [4.78, 5) is 23.2. The molecule has 1 unspecified atom stereocenters. The summed E-state index contributed by atoms with van der Waals surface area (Å²) in [6.07, 6.45) is 0.523. The molecule has 1 aromatic heterocycles. The molecule has 128 valence electrons. The second kappa shape index (κ2) is 5.55. The normalized spacial score (nSPS) is 21.0. The molecule has 1 aromatic rings. The summed E-state index contributed by atoms with van der Waals surface area (Å²) in [7, 11) is -5.90. The van der Waals surface area contributed by atoms with E-state index in [0.717, 1.165) is 10.6 Å². The minimum Gasteiger partial charge on any atom is -0.480 e. The standard InChI is InChI=1S/C12H12F3NO6S/c1-2-6-3-9(11(18)19)16-8(6)4-7(5-10(16)17)22-23(20,21)12(13,14)15/h4-6,9H,2-3H2,1H3,(H,18,19)/t6?,9-/m0/s1. The summed E-state index contributed by atoms with van der Waals surface area (Å²) < 4.78 is 63.9. The Kier molecular flexibility index (Phi) is 4.18. The van der Waals surface area contributed by atoms with Gasteiger partial charge in [-0.2, -0.15) is 21.6 Å². The SMILES string of the molecule is CCC1C[C@@H](C(=O)O)n2c1cc(OS(=O)(=O)C(F)(F)F)cc2=O. The second-order valence-electron chi connectivity index (χ2n) is 5.00. The van der Waals surface area contributed by atoms with Gasteiger partial charge in [-0.3, -0.25) is 9.36 Å². The first-order chi connectivity index (χ1) is 10.5. The molecule has 2 rings (SSSR count).